The third-order valence-corrected chi connectivity index (χ3v) is 4.95. The van der Waals surface area contributed by atoms with Gasteiger partial charge in [-0.2, -0.15) is 0 Å². The minimum atomic E-state index is 0.675. The van der Waals surface area contributed by atoms with Gasteiger partial charge in [0, 0.05) is 41.0 Å². The molecule has 1 aromatic carbocycles. The van der Waals surface area contributed by atoms with Gasteiger partial charge in [0.1, 0.15) is 0 Å². The van der Waals surface area contributed by atoms with Crippen molar-refractivity contribution in [1.29, 1.82) is 0 Å². The number of thioether (sulfide) groups is 1. The van der Waals surface area contributed by atoms with Crippen molar-refractivity contribution < 1.29 is 0 Å². The number of aryl methyl sites for hydroxylation is 1. The van der Waals surface area contributed by atoms with Gasteiger partial charge in [0.2, 0.25) is 0 Å². The van der Waals surface area contributed by atoms with Gasteiger partial charge in [-0.15, -0.1) is 11.8 Å². The fourth-order valence-corrected chi connectivity index (χ4v) is 4.43. The van der Waals surface area contributed by atoms with Crippen molar-refractivity contribution in [2.45, 2.75) is 17.2 Å². The van der Waals surface area contributed by atoms with Crippen LogP contribution in [0, 0.1) is 0 Å². The lowest BCUT2D eigenvalue weighted by atomic mass is 10.0. The number of benzene rings is 1. The van der Waals surface area contributed by atoms with Gasteiger partial charge in [0.25, 0.3) is 0 Å². The van der Waals surface area contributed by atoms with Gasteiger partial charge >= 0.3 is 0 Å². The Labute approximate surface area is 113 Å². The fourth-order valence-electron chi connectivity index (χ4n) is 3.05. The van der Waals surface area contributed by atoms with Crippen molar-refractivity contribution in [2.75, 3.05) is 26.4 Å². The van der Waals surface area contributed by atoms with E-state index in [4.69, 9.17) is 0 Å². The normalized spacial score (nSPS) is 19.4. The minimum absolute atomic E-state index is 0.675. The molecule has 0 saturated heterocycles. The monoisotopic (exact) mass is 260 g/mol. The van der Waals surface area contributed by atoms with Crippen LogP contribution in [0.1, 0.15) is 18.0 Å². The summed E-state index contributed by atoms with van der Waals surface area (Å²) in [5.74, 6) is 1.92. The second-order valence-corrected chi connectivity index (χ2v) is 6.49. The van der Waals surface area contributed by atoms with Crippen LogP contribution in [0.2, 0.25) is 0 Å². The van der Waals surface area contributed by atoms with Crippen molar-refractivity contribution in [2.24, 2.45) is 7.05 Å². The highest BCUT2D eigenvalue weighted by atomic mass is 32.2. The van der Waals surface area contributed by atoms with Crippen molar-refractivity contribution in [3.8, 4) is 0 Å². The maximum absolute atomic E-state index is 2.41. The molecule has 2 heterocycles. The molecule has 2 aromatic rings. The molecule has 0 amide bonds. The molecule has 1 aliphatic rings. The fraction of sp³-hybridized carbons (Fsp3) is 0.467. The third-order valence-electron chi connectivity index (χ3n) is 3.79. The lowest BCUT2D eigenvalue weighted by molar-refractivity contribution is 0.359. The molecule has 0 saturated carbocycles. The molecule has 0 aliphatic carbocycles. The Morgan fingerprint density at radius 1 is 1.33 bits per heavy atom. The summed E-state index contributed by atoms with van der Waals surface area (Å²) in [7, 11) is 6.56. The summed E-state index contributed by atoms with van der Waals surface area (Å²) in [6, 6.07) is 8.79. The van der Waals surface area contributed by atoms with Crippen molar-refractivity contribution >= 4 is 22.7 Å². The van der Waals surface area contributed by atoms with Gasteiger partial charge in [-0.1, -0.05) is 18.2 Å². The zero-order chi connectivity index (χ0) is 12.7. The number of nitrogens with zero attached hydrogens (tertiary/aromatic N) is 2. The van der Waals surface area contributed by atoms with Crippen LogP contribution < -0.4 is 0 Å². The van der Waals surface area contributed by atoms with Gasteiger partial charge < -0.3 is 9.47 Å². The van der Waals surface area contributed by atoms with E-state index in [2.05, 4.69) is 54.9 Å². The summed E-state index contributed by atoms with van der Waals surface area (Å²) in [5, 5.41) is 1.43. The molecule has 3 rings (SSSR count). The van der Waals surface area contributed by atoms with E-state index in [1.807, 2.05) is 11.8 Å². The maximum Gasteiger partial charge on any atom is 0.0491 e. The Hall–Kier alpha value is -0.930. The minimum Gasteiger partial charge on any atom is -0.346 e. The molecule has 1 unspecified atom stereocenters. The third kappa shape index (κ3) is 1.86. The first-order valence-electron chi connectivity index (χ1n) is 6.53. The van der Waals surface area contributed by atoms with Gasteiger partial charge in [-0.25, -0.2) is 0 Å². The van der Waals surface area contributed by atoms with Gasteiger partial charge in [-0.3, -0.25) is 0 Å². The molecule has 2 nitrogen and oxygen atoms in total. The summed E-state index contributed by atoms with van der Waals surface area (Å²) in [4.78, 5) is 3.83. The Morgan fingerprint density at radius 3 is 2.89 bits per heavy atom. The van der Waals surface area contributed by atoms with Crippen molar-refractivity contribution in [3.05, 3.63) is 30.0 Å². The summed E-state index contributed by atoms with van der Waals surface area (Å²) in [6.45, 7) is 1.15. The zero-order valence-electron chi connectivity index (χ0n) is 11.3. The molecule has 0 spiro atoms. The van der Waals surface area contributed by atoms with Gasteiger partial charge in [0.15, 0.2) is 0 Å². The van der Waals surface area contributed by atoms with Crippen molar-refractivity contribution in [1.82, 2.24) is 9.47 Å². The Bertz CT molecular complexity index is 571. The number of likely N-dealkylation sites (N-methyl/N-ethyl adjacent to an activating group) is 1. The van der Waals surface area contributed by atoms with Crippen LogP contribution in [0.3, 0.4) is 0 Å². The van der Waals surface area contributed by atoms with E-state index in [0.29, 0.717) is 5.92 Å². The summed E-state index contributed by atoms with van der Waals surface area (Å²) in [6.07, 6.45) is 1.29. The van der Waals surface area contributed by atoms with Crippen LogP contribution in [-0.2, 0) is 7.05 Å². The smallest absolute Gasteiger partial charge is 0.0491 e. The summed E-state index contributed by atoms with van der Waals surface area (Å²) in [5.41, 5.74) is 2.92. The largest absolute Gasteiger partial charge is 0.346 e. The van der Waals surface area contributed by atoms with Crippen LogP contribution >= 0.6 is 11.8 Å². The highest BCUT2D eigenvalue weighted by molar-refractivity contribution is 7.99. The molecule has 0 bridgehead atoms. The van der Waals surface area contributed by atoms with E-state index in [9.17, 15) is 0 Å². The Balaban J connectivity index is 2.16. The first-order chi connectivity index (χ1) is 8.68. The molecule has 0 fully saturated rings. The van der Waals surface area contributed by atoms with Crippen LogP contribution in [0.5, 0.6) is 0 Å². The second-order valence-electron chi connectivity index (χ2n) is 5.39. The average Bonchev–Trinajstić information content (AvgIpc) is 2.65. The number of fused-ring (bicyclic) bond motifs is 3. The molecule has 96 valence electrons. The lowest BCUT2D eigenvalue weighted by Gasteiger charge is -2.26. The van der Waals surface area contributed by atoms with E-state index in [1.54, 1.807) is 5.69 Å². The first kappa shape index (κ1) is 12.1. The molecule has 1 atom stereocenters. The van der Waals surface area contributed by atoms with E-state index in [-0.39, 0.29) is 0 Å². The van der Waals surface area contributed by atoms with E-state index in [0.717, 1.165) is 6.54 Å². The molecule has 0 radical (unpaired) electrons. The van der Waals surface area contributed by atoms with Crippen LogP contribution in [0.4, 0.5) is 0 Å². The number of aromatic nitrogens is 1. The summed E-state index contributed by atoms with van der Waals surface area (Å²) < 4.78 is 2.41. The van der Waals surface area contributed by atoms with Crippen molar-refractivity contribution in [3.63, 3.8) is 0 Å². The SMILES string of the molecule is CN(C)CC1CCSc2c1n(C)c1ccccc21. The van der Waals surface area contributed by atoms with E-state index < -0.39 is 0 Å². The Morgan fingerprint density at radius 2 is 2.11 bits per heavy atom. The number of hydrogen-bond acceptors (Lipinski definition) is 2. The van der Waals surface area contributed by atoms with Crippen LogP contribution in [-0.4, -0.2) is 35.9 Å². The van der Waals surface area contributed by atoms with Crippen LogP contribution in [0.15, 0.2) is 29.2 Å². The maximum atomic E-state index is 2.41. The number of hydrogen-bond donors (Lipinski definition) is 0. The van der Waals surface area contributed by atoms with Gasteiger partial charge in [-0.05, 0) is 32.3 Å². The quantitative estimate of drug-likeness (QED) is 0.818. The molecule has 3 heteroatoms. The predicted octanol–water partition coefficient (Wildman–Crippen LogP) is 3.32. The number of para-hydroxylation sites is 1. The summed E-state index contributed by atoms with van der Waals surface area (Å²) >= 11 is 2.03. The molecule has 18 heavy (non-hydrogen) atoms. The topological polar surface area (TPSA) is 8.17 Å². The average molecular weight is 260 g/mol. The predicted molar refractivity (Wildman–Crippen MR) is 79.6 cm³/mol. The van der Waals surface area contributed by atoms with Crippen LogP contribution in [0.25, 0.3) is 10.9 Å². The zero-order valence-corrected chi connectivity index (χ0v) is 12.1. The van der Waals surface area contributed by atoms with E-state index >= 15 is 0 Å². The highest BCUT2D eigenvalue weighted by Gasteiger charge is 2.27. The lowest BCUT2D eigenvalue weighted by Crippen LogP contribution is -2.24. The standard InChI is InChI=1S/C15H20N2S/c1-16(2)10-11-8-9-18-15-12-6-4-5-7-13(12)17(3)14(11)15/h4-7,11H,8-10H2,1-3H3. The molecule has 0 N–H and O–H groups in total. The van der Waals surface area contributed by atoms with E-state index in [1.165, 1.54) is 28.0 Å². The molecular weight excluding hydrogens is 240 g/mol. The molecule has 1 aromatic heterocycles. The van der Waals surface area contributed by atoms with Gasteiger partial charge in [0.05, 0.1) is 0 Å². The second kappa shape index (κ2) is 4.63. The highest BCUT2D eigenvalue weighted by Crippen LogP contribution is 2.43. The first-order valence-corrected chi connectivity index (χ1v) is 7.52. The molecular formula is C15H20N2S. The molecule has 1 aliphatic heterocycles. The Kier molecular flexibility index (Phi) is 3.12. The number of rotatable bonds is 2.